The third-order valence-corrected chi connectivity index (χ3v) is 4.64. The van der Waals surface area contributed by atoms with E-state index in [1.165, 1.54) is 5.56 Å². The second kappa shape index (κ2) is 8.37. The van der Waals surface area contributed by atoms with Crippen LogP contribution in [0.25, 0.3) is 0 Å². The summed E-state index contributed by atoms with van der Waals surface area (Å²) < 4.78 is 0.212. The summed E-state index contributed by atoms with van der Waals surface area (Å²) in [6, 6.07) is 5.68. The van der Waals surface area contributed by atoms with Crippen LogP contribution >= 0.6 is 11.8 Å². The van der Waals surface area contributed by atoms with E-state index < -0.39 is 0 Å². The topological polar surface area (TPSA) is 46.2 Å². The first kappa shape index (κ1) is 18.8. The Morgan fingerprint density at radius 1 is 1.09 bits per heavy atom. The quantitative estimate of drug-likeness (QED) is 0.612. The summed E-state index contributed by atoms with van der Waals surface area (Å²) in [4.78, 5) is 23.8. The van der Waals surface area contributed by atoms with Crippen LogP contribution in [0.5, 0.6) is 0 Å². The molecule has 0 fully saturated rings. The summed E-state index contributed by atoms with van der Waals surface area (Å²) in [7, 11) is 0. The number of amides is 1. The van der Waals surface area contributed by atoms with Crippen molar-refractivity contribution in [3.8, 4) is 0 Å². The molecule has 0 spiro atoms. The fourth-order valence-electron chi connectivity index (χ4n) is 1.92. The predicted octanol–water partition coefficient (Wildman–Crippen LogP) is 3.91. The standard InChI is InChI=1S/C18H27NO2S/c1-13-6-7-15(12-14(13)2)16(20)8-9-17(21)19-10-11-22-18(3,4)5/h6-7,12H,8-11H2,1-5H3,(H,19,21). The zero-order chi connectivity index (χ0) is 16.8. The number of benzene rings is 1. The number of ketones is 1. The number of carbonyl (C=O) groups is 2. The number of nitrogens with one attached hydrogen (secondary N) is 1. The molecule has 0 heterocycles. The van der Waals surface area contributed by atoms with Crippen LogP contribution in [0.15, 0.2) is 18.2 Å². The van der Waals surface area contributed by atoms with Crippen molar-refractivity contribution in [3.05, 3.63) is 34.9 Å². The van der Waals surface area contributed by atoms with E-state index in [1.807, 2.05) is 43.8 Å². The number of hydrogen-bond donors (Lipinski definition) is 1. The normalized spacial score (nSPS) is 11.3. The van der Waals surface area contributed by atoms with Gasteiger partial charge in [0.2, 0.25) is 5.91 Å². The van der Waals surface area contributed by atoms with Crippen molar-refractivity contribution < 1.29 is 9.59 Å². The fraction of sp³-hybridized carbons (Fsp3) is 0.556. The summed E-state index contributed by atoms with van der Waals surface area (Å²) in [6.45, 7) is 11.1. The molecular weight excluding hydrogens is 294 g/mol. The second-order valence-corrected chi connectivity index (χ2v) is 8.45. The van der Waals surface area contributed by atoms with Gasteiger partial charge in [-0.15, -0.1) is 0 Å². The van der Waals surface area contributed by atoms with Gasteiger partial charge in [0, 0.05) is 35.4 Å². The molecule has 4 heteroatoms. The first-order valence-corrected chi connectivity index (χ1v) is 8.69. The minimum absolute atomic E-state index is 0.0299. The van der Waals surface area contributed by atoms with Gasteiger partial charge in [-0.05, 0) is 31.0 Å². The van der Waals surface area contributed by atoms with E-state index in [1.54, 1.807) is 0 Å². The van der Waals surface area contributed by atoms with Crippen molar-refractivity contribution >= 4 is 23.5 Å². The molecule has 1 amide bonds. The average Bonchev–Trinajstić information content (AvgIpc) is 2.43. The van der Waals surface area contributed by atoms with Crippen LogP contribution in [0.2, 0.25) is 0 Å². The minimum Gasteiger partial charge on any atom is -0.355 e. The lowest BCUT2D eigenvalue weighted by Gasteiger charge is -2.17. The van der Waals surface area contributed by atoms with Crippen LogP contribution in [0.1, 0.15) is 55.1 Å². The van der Waals surface area contributed by atoms with Crippen LogP contribution in [-0.4, -0.2) is 28.7 Å². The van der Waals surface area contributed by atoms with E-state index in [9.17, 15) is 9.59 Å². The maximum atomic E-state index is 12.1. The summed E-state index contributed by atoms with van der Waals surface area (Å²) in [6.07, 6.45) is 0.521. The van der Waals surface area contributed by atoms with E-state index in [0.717, 1.165) is 11.3 Å². The molecule has 1 aromatic rings. The molecule has 0 aromatic heterocycles. The highest BCUT2D eigenvalue weighted by Gasteiger charge is 2.12. The molecule has 1 aromatic carbocycles. The largest absolute Gasteiger partial charge is 0.355 e. The van der Waals surface area contributed by atoms with Gasteiger partial charge in [0.05, 0.1) is 0 Å². The van der Waals surface area contributed by atoms with Gasteiger partial charge in [-0.1, -0.05) is 32.9 Å². The number of thioether (sulfide) groups is 1. The molecule has 0 aliphatic carbocycles. The Balaban J connectivity index is 2.31. The molecule has 0 saturated heterocycles. The Morgan fingerprint density at radius 3 is 2.36 bits per heavy atom. The SMILES string of the molecule is Cc1ccc(C(=O)CCC(=O)NCCSC(C)(C)C)cc1C. The average molecular weight is 321 g/mol. The molecule has 22 heavy (non-hydrogen) atoms. The van der Waals surface area contributed by atoms with Crippen LogP contribution in [0.3, 0.4) is 0 Å². The van der Waals surface area contributed by atoms with Crippen molar-refractivity contribution in [2.45, 2.75) is 52.2 Å². The van der Waals surface area contributed by atoms with Gasteiger partial charge < -0.3 is 5.32 Å². The molecule has 0 saturated carbocycles. The van der Waals surface area contributed by atoms with Crippen molar-refractivity contribution in [3.63, 3.8) is 0 Å². The Kier molecular flexibility index (Phi) is 7.14. The number of hydrogen-bond acceptors (Lipinski definition) is 3. The maximum Gasteiger partial charge on any atom is 0.220 e. The Labute approximate surface area is 138 Å². The molecule has 0 atom stereocenters. The summed E-state index contributed by atoms with van der Waals surface area (Å²) in [5.74, 6) is 0.870. The number of carbonyl (C=O) groups excluding carboxylic acids is 2. The van der Waals surface area contributed by atoms with Gasteiger partial charge in [-0.25, -0.2) is 0 Å². The third-order valence-electron chi connectivity index (χ3n) is 3.37. The molecule has 122 valence electrons. The molecule has 0 aliphatic heterocycles. The van der Waals surface area contributed by atoms with E-state index in [2.05, 4.69) is 26.1 Å². The lowest BCUT2D eigenvalue weighted by molar-refractivity contribution is -0.120. The lowest BCUT2D eigenvalue weighted by atomic mass is 10.0. The summed E-state index contributed by atoms with van der Waals surface area (Å²) >= 11 is 1.82. The predicted molar refractivity (Wildman–Crippen MR) is 94.7 cm³/mol. The van der Waals surface area contributed by atoms with Gasteiger partial charge in [-0.2, -0.15) is 11.8 Å². The van der Waals surface area contributed by atoms with Gasteiger partial charge in [0.25, 0.3) is 0 Å². The number of Topliss-reactive ketones (excluding diaryl/α,β-unsaturated/α-hetero) is 1. The Morgan fingerprint density at radius 2 is 1.77 bits per heavy atom. The first-order chi connectivity index (χ1) is 10.2. The molecule has 1 rings (SSSR count). The maximum absolute atomic E-state index is 12.1. The van der Waals surface area contributed by atoms with Crippen LogP contribution < -0.4 is 5.32 Å². The zero-order valence-corrected chi connectivity index (χ0v) is 15.1. The highest BCUT2D eigenvalue weighted by atomic mass is 32.2. The smallest absolute Gasteiger partial charge is 0.220 e. The van der Waals surface area contributed by atoms with Crippen molar-refractivity contribution in [2.24, 2.45) is 0 Å². The molecule has 0 bridgehead atoms. The van der Waals surface area contributed by atoms with E-state index in [4.69, 9.17) is 0 Å². The van der Waals surface area contributed by atoms with Crippen LogP contribution in [0.4, 0.5) is 0 Å². The fourth-order valence-corrected chi connectivity index (χ4v) is 2.74. The van der Waals surface area contributed by atoms with Crippen molar-refractivity contribution in [1.82, 2.24) is 5.32 Å². The molecule has 1 N–H and O–H groups in total. The Bertz CT molecular complexity index is 532. The lowest BCUT2D eigenvalue weighted by Crippen LogP contribution is -2.27. The molecular formula is C18H27NO2S. The van der Waals surface area contributed by atoms with Crippen LogP contribution in [0, 0.1) is 13.8 Å². The van der Waals surface area contributed by atoms with Gasteiger partial charge >= 0.3 is 0 Å². The van der Waals surface area contributed by atoms with Gasteiger partial charge in [-0.3, -0.25) is 9.59 Å². The Hall–Kier alpha value is -1.29. The minimum atomic E-state index is -0.0494. The third kappa shape index (κ3) is 7.12. The van der Waals surface area contributed by atoms with E-state index in [0.29, 0.717) is 12.1 Å². The number of rotatable bonds is 7. The van der Waals surface area contributed by atoms with E-state index in [-0.39, 0.29) is 29.3 Å². The summed E-state index contributed by atoms with van der Waals surface area (Å²) in [5, 5.41) is 2.87. The first-order valence-electron chi connectivity index (χ1n) is 7.70. The molecule has 0 radical (unpaired) electrons. The van der Waals surface area contributed by atoms with E-state index >= 15 is 0 Å². The van der Waals surface area contributed by atoms with Crippen molar-refractivity contribution in [2.75, 3.05) is 12.3 Å². The van der Waals surface area contributed by atoms with Gasteiger partial charge in [0.1, 0.15) is 0 Å². The number of aryl methyl sites for hydroxylation is 2. The molecule has 0 aliphatic rings. The highest BCUT2D eigenvalue weighted by Crippen LogP contribution is 2.22. The monoisotopic (exact) mass is 321 g/mol. The zero-order valence-electron chi connectivity index (χ0n) is 14.3. The van der Waals surface area contributed by atoms with Crippen molar-refractivity contribution in [1.29, 1.82) is 0 Å². The van der Waals surface area contributed by atoms with Crippen LogP contribution in [-0.2, 0) is 4.79 Å². The second-order valence-electron chi connectivity index (χ2n) is 6.53. The molecule has 0 unspecified atom stereocenters. The highest BCUT2D eigenvalue weighted by molar-refractivity contribution is 8.00. The van der Waals surface area contributed by atoms with Gasteiger partial charge in [0.15, 0.2) is 5.78 Å². The molecule has 3 nitrogen and oxygen atoms in total. The summed E-state index contributed by atoms with van der Waals surface area (Å²) in [5.41, 5.74) is 2.97.